The lowest BCUT2D eigenvalue weighted by Crippen LogP contribution is -2.52. The van der Waals surface area contributed by atoms with Gasteiger partial charge in [-0.3, -0.25) is 4.79 Å². The van der Waals surface area contributed by atoms with E-state index in [-0.39, 0.29) is 17.9 Å². The first-order valence-electron chi connectivity index (χ1n) is 6.70. The number of hydrazine groups is 1. The van der Waals surface area contributed by atoms with Crippen LogP contribution >= 0.6 is 0 Å². The zero-order chi connectivity index (χ0) is 13.3. The third kappa shape index (κ3) is 2.44. The monoisotopic (exact) mass is 254 g/mol. The topological polar surface area (TPSA) is 58.6 Å². The Morgan fingerprint density at radius 3 is 2.44 bits per heavy atom. The molecule has 3 atom stereocenters. The van der Waals surface area contributed by atoms with Crippen molar-refractivity contribution < 1.29 is 14.3 Å². The van der Waals surface area contributed by atoms with Gasteiger partial charge in [0.25, 0.3) is 0 Å². The summed E-state index contributed by atoms with van der Waals surface area (Å²) in [6.07, 6.45) is 4.00. The number of hydrogen-bond acceptors (Lipinski definition) is 3. The maximum absolute atomic E-state index is 12.5. The van der Waals surface area contributed by atoms with Crippen LogP contribution in [-0.2, 0) is 9.53 Å². The van der Waals surface area contributed by atoms with E-state index in [1.165, 1.54) is 25.0 Å². The number of methoxy groups -OCH3 is 1. The van der Waals surface area contributed by atoms with Crippen molar-refractivity contribution >= 4 is 12.0 Å². The Bertz CT molecular complexity index is 343. The van der Waals surface area contributed by atoms with E-state index >= 15 is 0 Å². The van der Waals surface area contributed by atoms with Crippen molar-refractivity contribution in [1.29, 1.82) is 0 Å². The van der Waals surface area contributed by atoms with Gasteiger partial charge in [-0.1, -0.05) is 6.42 Å². The van der Waals surface area contributed by atoms with E-state index in [0.29, 0.717) is 5.92 Å². The summed E-state index contributed by atoms with van der Waals surface area (Å²) in [5.74, 6) is 1.37. The van der Waals surface area contributed by atoms with Crippen LogP contribution in [0.15, 0.2) is 0 Å². The van der Waals surface area contributed by atoms with Gasteiger partial charge in [-0.05, 0) is 44.9 Å². The van der Waals surface area contributed by atoms with Gasteiger partial charge in [0.1, 0.15) is 0 Å². The van der Waals surface area contributed by atoms with Crippen molar-refractivity contribution in [3.63, 3.8) is 0 Å². The second-order valence-corrected chi connectivity index (χ2v) is 5.69. The molecule has 5 heteroatoms. The highest BCUT2D eigenvalue weighted by atomic mass is 16.5. The van der Waals surface area contributed by atoms with Crippen LogP contribution in [0.5, 0.6) is 0 Å². The van der Waals surface area contributed by atoms with Crippen molar-refractivity contribution in [1.82, 2.24) is 10.4 Å². The fourth-order valence-corrected chi connectivity index (χ4v) is 3.31. The number of carbonyl (C=O) groups is 2. The minimum absolute atomic E-state index is 0.0441. The summed E-state index contributed by atoms with van der Waals surface area (Å²) >= 11 is 0. The number of nitrogens with one attached hydrogen (secondary N) is 1. The van der Waals surface area contributed by atoms with Gasteiger partial charge >= 0.3 is 6.09 Å². The minimum Gasteiger partial charge on any atom is -0.452 e. The molecule has 0 saturated heterocycles. The first-order chi connectivity index (χ1) is 8.52. The van der Waals surface area contributed by atoms with Crippen LogP contribution < -0.4 is 5.43 Å². The molecule has 2 saturated carbocycles. The van der Waals surface area contributed by atoms with E-state index in [1.807, 2.05) is 13.8 Å². The van der Waals surface area contributed by atoms with E-state index in [2.05, 4.69) is 10.2 Å². The van der Waals surface area contributed by atoms with Gasteiger partial charge < -0.3 is 4.74 Å². The Balaban J connectivity index is 2.02. The van der Waals surface area contributed by atoms with Crippen LogP contribution in [0, 0.1) is 17.8 Å². The maximum Gasteiger partial charge on any atom is 0.425 e. The second kappa shape index (κ2) is 5.16. The standard InChI is InChI=1S/C13H22N2O3/c1-8(2)15(14-13(17)18-3)12(16)11-7-9-4-5-10(11)6-9/h8-11H,4-7H2,1-3H3,(H,14,17)/t9?,10?,11-/m0/s1. The van der Waals surface area contributed by atoms with Crippen molar-refractivity contribution in [2.75, 3.05) is 7.11 Å². The molecule has 0 spiro atoms. The van der Waals surface area contributed by atoms with E-state index in [4.69, 9.17) is 0 Å². The first kappa shape index (κ1) is 13.2. The first-order valence-corrected chi connectivity index (χ1v) is 6.70. The molecule has 5 nitrogen and oxygen atoms in total. The number of rotatable bonds is 2. The average Bonchev–Trinajstić information content (AvgIpc) is 2.96. The summed E-state index contributed by atoms with van der Waals surface area (Å²) < 4.78 is 4.56. The van der Waals surface area contributed by atoms with Gasteiger partial charge in [-0.25, -0.2) is 15.2 Å². The fourth-order valence-electron chi connectivity index (χ4n) is 3.31. The van der Waals surface area contributed by atoms with Gasteiger partial charge in [0.15, 0.2) is 0 Å². The van der Waals surface area contributed by atoms with Crippen molar-refractivity contribution in [2.24, 2.45) is 17.8 Å². The average molecular weight is 254 g/mol. The third-order valence-corrected chi connectivity index (χ3v) is 4.21. The van der Waals surface area contributed by atoms with Crippen LogP contribution in [0.2, 0.25) is 0 Å². The Morgan fingerprint density at radius 1 is 1.28 bits per heavy atom. The molecule has 18 heavy (non-hydrogen) atoms. The zero-order valence-electron chi connectivity index (χ0n) is 11.3. The summed E-state index contributed by atoms with van der Waals surface area (Å²) in [6.45, 7) is 3.78. The van der Waals surface area contributed by atoms with Crippen LogP contribution in [-0.4, -0.2) is 30.2 Å². The van der Waals surface area contributed by atoms with Gasteiger partial charge in [0.05, 0.1) is 7.11 Å². The summed E-state index contributed by atoms with van der Waals surface area (Å²) in [6, 6.07) is -0.0595. The second-order valence-electron chi connectivity index (χ2n) is 5.69. The number of amides is 2. The molecule has 102 valence electrons. The summed E-state index contributed by atoms with van der Waals surface area (Å²) in [5, 5.41) is 1.43. The van der Waals surface area contributed by atoms with Gasteiger partial charge in [0.2, 0.25) is 5.91 Å². The van der Waals surface area contributed by atoms with Crippen molar-refractivity contribution in [3.8, 4) is 0 Å². The van der Waals surface area contributed by atoms with Gasteiger partial charge in [-0.2, -0.15) is 0 Å². The lowest BCUT2D eigenvalue weighted by molar-refractivity contribution is -0.142. The van der Waals surface area contributed by atoms with E-state index in [9.17, 15) is 9.59 Å². The predicted octanol–water partition coefficient (Wildman–Crippen LogP) is 1.93. The molecule has 2 aliphatic rings. The predicted molar refractivity (Wildman–Crippen MR) is 66.5 cm³/mol. The molecule has 2 bridgehead atoms. The Morgan fingerprint density at radius 2 is 2.00 bits per heavy atom. The largest absolute Gasteiger partial charge is 0.452 e. The van der Waals surface area contributed by atoms with Crippen LogP contribution in [0.1, 0.15) is 39.5 Å². The smallest absolute Gasteiger partial charge is 0.425 e. The van der Waals surface area contributed by atoms with Gasteiger partial charge in [-0.15, -0.1) is 0 Å². The molecule has 0 heterocycles. The number of carbonyl (C=O) groups excluding carboxylic acids is 2. The number of ether oxygens (including phenoxy) is 1. The molecule has 0 radical (unpaired) electrons. The normalized spacial score (nSPS) is 29.4. The maximum atomic E-state index is 12.5. The molecule has 2 rings (SSSR count). The van der Waals surface area contributed by atoms with Crippen molar-refractivity contribution in [3.05, 3.63) is 0 Å². The molecule has 2 amide bonds. The summed E-state index contributed by atoms with van der Waals surface area (Å²) in [4.78, 5) is 23.8. The fraction of sp³-hybridized carbons (Fsp3) is 0.846. The lowest BCUT2D eigenvalue weighted by Gasteiger charge is -2.31. The zero-order valence-corrected chi connectivity index (χ0v) is 11.3. The van der Waals surface area contributed by atoms with E-state index < -0.39 is 6.09 Å². The molecule has 0 aromatic rings. The lowest BCUT2D eigenvalue weighted by atomic mass is 9.88. The van der Waals surface area contributed by atoms with Gasteiger partial charge in [0, 0.05) is 12.0 Å². The summed E-state index contributed by atoms with van der Waals surface area (Å²) in [5.41, 5.74) is 2.52. The van der Waals surface area contributed by atoms with E-state index in [0.717, 1.165) is 18.8 Å². The molecule has 2 aliphatic carbocycles. The molecular formula is C13H22N2O3. The molecule has 2 fully saturated rings. The van der Waals surface area contributed by atoms with Crippen LogP contribution in [0.3, 0.4) is 0 Å². The molecular weight excluding hydrogens is 232 g/mol. The Kier molecular flexibility index (Phi) is 3.78. The SMILES string of the molecule is COC(=O)NN(C(=O)[C@H]1CC2CCC1C2)C(C)C. The quantitative estimate of drug-likeness (QED) is 0.766. The molecule has 0 aromatic heterocycles. The Labute approximate surface area is 108 Å². The Hall–Kier alpha value is -1.26. The third-order valence-electron chi connectivity index (χ3n) is 4.21. The van der Waals surface area contributed by atoms with E-state index in [1.54, 1.807) is 0 Å². The number of nitrogens with zero attached hydrogens (tertiary/aromatic N) is 1. The van der Waals surface area contributed by atoms with Crippen LogP contribution in [0.4, 0.5) is 4.79 Å². The molecule has 0 aliphatic heterocycles. The molecule has 0 aromatic carbocycles. The molecule has 1 N–H and O–H groups in total. The minimum atomic E-state index is -0.583. The highest BCUT2D eigenvalue weighted by Crippen LogP contribution is 2.48. The highest BCUT2D eigenvalue weighted by Gasteiger charge is 2.45. The highest BCUT2D eigenvalue weighted by molar-refractivity contribution is 5.82. The number of hydrogen-bond donors (Lipinski definition) is 1. The van der Waals surface area contributed by atoms with Crippen LogP contribution in [0.25, 0.3) is 0 Å². The number of fused-ring (bicyclic) bond motifs is 2. The summed E-state index contributed by atoms with van der Waals surface area (Å²) in [7, 11) is 1.30. The van der Waals surface area contributed by atoms with Crippen molar-refractivity contribution in [2.45, 2.75) is 45.6 Å². The molecule has 2 unspecified atom stereocenters.